The summed E-state index contributed by atoms with van der Waals surface area (Å²) in [6.45, 7) is 6.62. The fraction of sp³-hybridized carbons (Fsp3) is 1.00. The highest BCUT2D eigenvalue weighted by Crippen LogP contribution is 2.15. The summed E-state index contributed by atoms with van der Waals surface area (Å²) in [5.41, 5.74) is 0. The first-order valence-electron chi connectivity index (χ1n) is 4.63. The van der Waals surface area contributed by atoms with E-state index < -0.39 is 6.10 Å². The van der Waals surface area contributed by atoms with Crippen LogP contribution in [0, 0.1) is 0 Å². The molecule has 0 aliphatic rings. The smallest absolute Gasteiger partial charge is 0.0863 e. The van der Waals surface area contributed by atoms with Crippen molar-refractivity contribution in [3.8, 4) is 0 Å². The highest BCUT2D eigenvalue weighted by molar-refractivity contribution is 7.99. The van der Waals surface area contributed by atoms with Crippen molar-refractivity contribution in [2.45, 2.75) is 38.2 Å². The van der Waals surface area contributed by atoms with E-state index in [0.717, 1.165) is 0 Å². The van der Waals surface area contributed by atoms with Gasteiger partial charge in [0, 0.05) is 17.6 Å². The van der Waals surface area contributed by atoms with Gasteiger partial charge >= 0.3 is 0 Å². The van der Waals surface area contributed by atoms with Gasteiger partial charge in [0.15, 0.2) is 0 Å². The number of rotatable bonds is 7. The molecule has 4 heteroatoms. The van der Waals surface area contributed by atoms with Crippen molar-refractivity contribution in [3.63, 3.8) is 0 Å². The Morgan fingerprint density at radius 1 is 1.31 bits per heavy atom. The predicted molar refractivity (Wildman–Crippen MR) is 56.1 cm³/mol. The first kappa shape index (κ1) is 13.2. The van der Waals surface area contributed by atoms with Crippen molar-refractivity contribution < 1.29 is 14.9 Å². The maximum absolute atomic E-state index is 9.38. The van der Waals surface area contributed by atoms with Gasteiger partial charge in [0.25, 0.3) is 0 Å². The lowest BCUT2D eigenvalue weighted by molar-refractivity contribution is 0.0550. The minimum absolute atomic E-state index is 0.163. The Bertz CT molecular complexity index is 119. The van der Waals surface area contributed by atoms with Gasteiger partial charge in [-0.2, -0.15) is 11.8 Å². The van der Waals surface area contributed by atoms with E-state index in [1.807, 2.05) is 13.8 Å². The van der Waals surface area contributed by atoms with Gasteiger partial charge in [0.2, 0.25) is 0 Å². The van der Waals surface area contributed by atoms with Crippen LogP contribution in [0.5, 0.6) is 0 Å². The molecular formula is C9H20O3S. The third-order valence-corrected chi connectivity index (χ3v) is 3.24. The zero-order valence-electron chi connectivity index (χ0n) is 8.56. The minimum atomic E-state index is -0.425. The summed E-state index contributed by atoms with van der Waals surface area (Å²) >= 11 is 1.56. The van der Waals surface area contributed by atoms with Crippen molar-refractivity contribution in [2.24, 2.45) is 0 Å². The zero-order chi connectivity index (χ0) is 10.3. The van der Waals surface area contributed by atoms with E-state index in [9.17, 15) is 10.2 Å². The molecule has 0 bridgehead atoms. The molecular weight excluding hydrogens is 188 g/mol. The summed E-state index contributed by atoms with van der Waals surface area (Å²) in [6, 6.07) is 0. The molecule has 13 heavy (non-hydrogen) atoms. The van der Waals surface area contributed by atoms with Gasteiger partial charge in [-0.05, 0) is 13.8 Å². The molecule has 0 aromatic heterocycles. The van der Waals surface area contributed by atoms with Gasteiger partial charge < -0.3 is 14.9 Å². The number of ether oxygens (including phenoxy) is 1. The number of aliphatic hydroxyl groups excluding tert-OH is 2. The molecule has 0 spiro atoms. The first-order valence-corrected chi connectivity index (χ1v) is 5.68. The van der Waals surface area contributed by atoms with Gasteiger partial charge in [0.05, 0.1) is 18.8 Å². The largest absolute Gasteiger partial charge is 0.392 e. The van der Waals surface area contributed by atoms with Gasteiger partial charge in [0.1, 0.15) is 0 Å². The van der Waals surface area contributed by atoms with Crippen LogP contribution in [0.15, 0.2) is 0 Å². The van der Waals surface area contributed by atoms with E-state index >= 15 is 0 Å². The number of aliphatic hydroxyl groups is 2. The maximum Gasteiger partial charge on any atom is 0.0863 e. The Hall–Kier alpha value is 0.230. The van der Waals surface area contributed by atoms with Gasteiger partial charge in [-0.1, -0.05) is 6.92 Å². The second kappa shape index (κ2) is 7.62. The van der Waals surface area contributed by atoms with Crippen LogP contribution in [-0.2, 0) is 4.74 Å². The lowest BCUT2D eigenvalue weighted by Crippen LogP contribution is -2.22. The Labute approximate surface area is 84.5 Å². The molecule has 0 radical (unpaired) electrons. The molecule has 3 atom stereocenters. The van der Waals surface area contributed by atoms with Crippen LogP contribution < -0.4 is 0 Å². The van der Waals surface area contributed by atoms with Gasteiger partial charge in [-0.3, -0.25) is 0 Å². The summed E-state index contributed by atoms with van der Waals surface area (Å²) < 4.78 is 5.06. The van der Waals surface area contributed by atoms with E-state index in [1.54, 1.807) is 18.7 Å². The molecule has 0 aliphatic heterocycles. The molecule has 0 aromatic carbocycles. The molecule has 0 heterocycles. The highest BCUT2D eigenvalue weighted by atomic mass is 32.2. The van der Waals surface area contributed by atoms with Crippen molar-refractivity contribution in [2.75, 3.05) is 19.0 Å². The molecule has 0 fully saturated rings. The lowest BCUT2D eigenvalue weighted by atomic mass is 10.3. The first-order chi connectivity index (χ1) is 6.07. The third-order valence-electron chi connectivity index (χ3n) is 1.75. The minimum Gasteiger partial charge on any atom is -0.392 e. The summed E-state index contributed by atoms with van der Waals surface area (Å²) in [4.78, 5) is 0. The number of hydrogen-bond acceptors (Lipinski definition) is 4. The zero-order valence-corrected chi connectivity index (χ0v) is 9.38. The van der Waals surface area contributed by atoms with Crippen molar-refractivity contribution in [3.05, 3.63) is 0 Å². The summed E-state index contributed by atoms with van der Waals surface area (Å²) in [5.74, 6) is 0.617. The summed E-state index contributed by atoms with van der Waals surface area (Å²) in [7, 11) is 0. The van der Waals surface area contributed by atoms with Crippen molar-refractivity contribution >= 4 is 11.8 Å². The van der Waals surface area contributed by atoms with Crippen LogP contribution in [-0.4, -0.2) is 46.6 Å². The Morgan fingerprint density at radius 2 is 1.92 bits per heavy atom. The molecule has 0 aliphatic carbocycles. The number of hydrogen-bond donors (Lipinski definition) is 2. The molecule has 0 saturated carbocycles. The highest BCUT2D eigenvalue weighted by Gasteiger charge is 2.12. The third kappa shape index (κ3) is 7.31. The molecule has 0 amide bonds. The van der Waals surface area contributed by atoms with Crippen LogP contribution in [0.2, 0.25) is 0 Å². The average Bonchev–Trinajstić information content (AvgIpc) is 2.10. The van der Waals surface area contributed by atoms with Crippen LogP contribution in [0.3, 0.4) is 0 Å². The van der Waals surface area contributed by atoms with Crippen LogP contribution in [0.25, 0.3) is 0 Å². The molecule has 0 aromatic rings. The average molecular weight is 208 g/mol. The summed E-state index contributed by atoms with van der Waals surface area (Å²) in [5, 5.41) is 18.7. The molecule has 80 valence electrons. The second-order valence-electron chi connectivity index (χ2n) is 3.09. The quantitative estimate of drug-likeness (QED) is 0.652. The molecule has 3 nitrogen and oxygen atoms in total. The Morgan fingerprint density at radius 3 is 2.38 bits per heavy atom. The maximum atomic E-state index is 9.38. The van der Waals surface area contributed by atoms with Crippen LogP contribution in [0.4, 0.5) is 0 Å². The van der Waals surface area contributed by atoms with Crippen molar-refractivity contribution in [1.82, 2.24) is 0 Å². The fourth-order valence-corrected chi connectivity index (χ4v) is 1.60. The van der Waals surface area contributed by atoms with E-state index in [4.69, 9.17) is 4.74 Å². The van der Waals surface area contributed by atoms with Crippen LogP contribution in [0.1, 0.15) is 20.8 Å². The SMILES string of the molecule is CCOCC(O)CSC(C)C(C)O. The standard InChI is InChI=1S/C9H20O3S/c1-4-12-5-9(11)6-13-8(3)7(2)10/h7-11H,4-6H2,1-3H3. The van der Waals surface area contributed by atoms with Gasteiger partial charge in [-0.25, -0.2) is 0 Å². The molecule has 0 saturated heterocycles. The number of thioether (sulfide) groups is 1. The molecule has 3 unspecified atom stereocenters. The normalized spacial score (nSPS) is 18.2. The van der Waals surface area contributed by atoms with Crippen LogP contribution >= 0.6 is 11.8 Å². The van der Waals surface area contributed by atoms with E-state index in [2.05, 4.69) is 0 Å². The Balaban J connectivity index is 3.40. The molecule has 2 N–H and O–H groups in total. The summed E-state index contributed by atoms with van der Waals surface area (Å²) in [6.07, 6.45) is -0.754. The fourth-order valence-electron chi connectivity index (χ4n) is 0.704. The lowest BCUT2D eigenvalue weighted by Gasteiger charge is -2.16. The predicted octanol–water partition coefficient (Wildman–Crippen LogP) is 0.886. The monoisotopic (exact) mass is 208 g/mol. The second-order valence-corrected chi connectivity index (χ2v) is 4.50. The van der Waals surface area contributed by atoms with Gasteiger partial charge in [-0.15, -0.1) is 0 Å². The Kier molecular flexibility index (Phi) is 7.75. The van der Waals surface area contributed by atoms with E-state index in [0.29, 0.717) is 19.0 Å². The van der Waals surface area contributed by atoms with Crippen molar-refractivity contribution in [1.29, 1.82) is 0 Å². The van der Waals surface area contributed by atoms with E-state index in [-0.39, 0.29) is 11.4 Å². The topological polar surface area (TPSA) is 49.7 Å². The molecule has 0 rings (SSSR count). The van der Waals surface area contributed by atoms with E-state index in [1.165, 1.54) is 0 Å².